The highest BCUT2D eigenvalue weighted by Crippen LogP contribution is 2.40. The second-order valence-electron chi connectivity index (χ2n) is 5.24. The Bertz CT molecular complexity index is 400. The fraction of sp³-hybridized carbons (Fsp3) is 0.600. The summed E-state index contributed by atoms with van der Waals surface area (Å²) in [7, 11) is 10.3. The number of quaternary nitrogens is 2. The van der Waals surface area contributed by atoms with Gasteiger partial charge >= 0.3 is 0 Å². The zero-order valence-electron chi connectivity index (χ0n) is 14.2. The molecule has 0 amide bonds. The molecule has 0 unspecified atom stereocenters. The molecule has 0 fully saturated rings. The Kier molecular flexibility index (Phi) is 13.3. The normalized spacial score (nSPS) is 10.0. The SMILES string of the molecule is CC.C[NH+](C)C.Cc1c(Cl)c(Cl)c(Cl)c(Cl)c1C[NH+](C)C. The number of halogens is 4. The highest BCUT2D eigenvalue weighted by Gasteiger charge is 2.18. The minimum absolute atomic E-state index is 0.332. The second kappa shape index (κ2) is 11.8. The molecule has 1 rings (SSSR count). The molecule has 0 bridgehead atoms. The maximum absolute atomic E-state index is 6.13. The highest BCUT2D eigenvalue weighted by atomic mass is 35.5. The van der Waals surface area contributed by atoms with Crippen molar-refractivity contribution in [3.8, 4) is 0 Å². The first-order valence-corrected chi connectivity index (χ1v) is 8.47. The van der Waals surface area contributed by atoms with E-state index in [9.17, 15) is 0 Å². The fourth-order valence-corrected chi connectivity index (χ4v) is 2.40. The molecule has 0 heterocycles. The molecule has 0 spiro atoms. The van der Waals surface area contributed by atoms with E-state index in [1.54, 1.807) is 0 Å². The topological polar surface area (TPSA) is 8.88 Å². The van der Waals surface area contributed by atoms with E-state index < -0.39 is 0 Å². The van der Waals surface area contributed by atoms with Crippen LogP contribution in [-0.2, 0) is 6.54 Å². The van der Waals surface area contributed by atoms with E-state index in [1.807, 2.05) is 34.9 Å². The van der Waals surface area contributed by atoms with Gasteiger partial charge in [-0.15, -0.1) is 0 Å². The number of hydrogen-bond acceptors (Lipinski definition) is 0. The third kappa shape index (κ3) is 8.49. The molecule has 2 nitrogen and oxygen atoms in total. The Hall–Kier alpha value is 0.300. The van der Waals surface area contributed by atoms with Crippen LogP contribution in [0.1, 0.15) is 25.0 Å². The van der Waals surface area contributed by atoms with Crippen molar-refractivity contribution in [1.82, 2.24) is 0 Å². The molecule has 0 aromatic heterocycles. The van der Waals surface area contributed by atoms with Crippen molar-refractivity contribution in [3.63, 3.8) is 0 Å². The first-order valence-electron chi connectivity index (χ1n) is 6.96. The van der Waals surface area contributed by atoms with Crippen molar-refractivity contribution >= 4 is 46.4 Å². The number of hydrogen-bond donors (Lipinski definition) is 2. The van der Waals surface area contributed by atoms with Crippen LogP contribution in [0.3, 0.4) is 0 Å². The van der Waals surface area contributed by atoms with Gasteiger partial charge in [-0.3, -0.25) is 0 Å². The Labute approximate surface area is 149 Å². The van der Waals surface area contributed by atoms with Gasteiger partial charge in [0.25, 0.3) is 0 Å². The molecule has 0 aliphatic rings. The quantitative estimate of drug-likeness (QED) is 0.579. The fourth-order valence-electron chi connectivity index (χ4n) is 1.35. The molecule has 6 heteroatoms. The Morgan fingerprint density at radius 1 is 0.714 bits per heavy atom. The lowest BCUT2D eigenvalue weighted by atomic mass is 10.1. The minimum atomic E-state index is 0.332. The van der Waals surface area contributed by atoms with Crippen LogP contribution >= 0.6 is 46.4 Å². The van der Waals surface area contributed by atoms with E-state index in [4.69, 9.17) is 46.4 Å². The van der Waals surface area contributed by atoms with Crippen LogP contribution in [0.4, 0.5) is 0 Å². The third-order valence-corrected chi connectivity index (χ3v) is 4.09. The predicted molar refractivity (Wildman–Crippen MR) is 97.8 cm³/mol. The first kappa shape index (κ1) is 23.6. The zero-order valence-corrected chi connectivity index (χ0v) is 17.2. The van der Waals surface area contributed by atoms with Gasteiger partial charge in [-0.1, -0.05) is 60.3 Å². The minimum Gasteiger partial charge on any atom is -0.342 e. The van der Waals surface area contributed by atoms with E-state index in [0.29, 0.717) is 20.1 Å². The van der Waals surface area contributed by atoms with Crippen molar-refractivity contribution < 1.29 is 9.80 Å². The van der Waals surface area contributed by atoms with Crippen LogP contribution in [0.15, 0.2) is 0 Å². The van der Waals surface area contributed by atoms with Crippen molar-refractivity contribution in [3.05, 3.63) is 31.2 Å². The smallest absolute Gasteiger partial charge is 0.104 e. The number of rotatable bonds is 2. The van der Waals surface area contributed by atoms with Gasteiger partial charge in [0, 0.05) is 5.56 Å². The van der Waals surface area contributed by atoms with Crippen molar-refractivity contribution in [2.45, 2.75) is 27.3 Å². The molecule has 2 N–H and O–H groups in total. The van der Waals surface area contributed by atoms with Crippen LogP contribution in [0.5, 0.6) is 0 Å². The number of nitrogens with one attached hydrogen (secondary N) is 2. The molecule has 21 heavy (non-hydrogen) atoms. The molecule has 0 atom stereocenters. The van der Waals surface area contributed by atoms with Gasteiger partial charge in [-0.25, -0.2) is 0 Å². The molecule has 1 aromatic carbocycles. The Morgan fingerprint density at radius 2 is 1.05 bits per heavy atom. The molecule has 0 saturated heterocycles. The highest BCUT2D eigenvalue weighted by molar-refractivity contribution is 6.52. The van der Waals surface area contributed by atoms with E-state index >= 15 is 0 Å². The van der Waals surface area contributed by atoms with Crippen LogP contribution in [0, 0.1) is 6.92 Å². The summed E-state index contributed by atoms with van der Waals surface area (Å²) in [6.45, 7) is 6.66. The summed E-state index contributed by atoms with van der Waals surface area (Å²) in [4.78, 5) is 2.66. The summed E-state index contributed by atoms with van der Waals surface area (Å²) < 4.78 is 0. The van der Waals surface area contributed by atoms with Crippen molar-refractivity contribution in [2.24, 2.45) is 0 Å². The van der Waals surface area contributed by atoms with Gasteiger partial charge < -0.3 is 9.80 Å². The van der Waals surface area contributed by atoms with Crippen molar-refractivity contribution in [1.29, 1.82) is 0 Å². The van der Waals surface area contributed by atoms with Crippen LogP contribution < -0.4 is 9.80 Å². The van der Waals surface area contributed by atoms with E-state index in [0.717, 1.165) is 17.7 Å². The number of benzene rings is 1. The van der Waals surface area contributed by atoms with Crippen LogP contribution in [-0.4, -0.2) is 35.2 Å². The Balaban J connectivity index is 0. The summed E-state index contributed by atoms with van der Waals surface area (Å²) in [6, 6.07) is 0. The van der Waals surface area contributed by atoms with Gasteiger partial charge in [-0.2, -0.15) is 0 Å². The van der Waals surface area contributed by atoms with Crippen LogP contribution in [0.2, 0.25) is 20.1 Å². The van der Waals surface area contributed by atoms with Gasteiger partial charge in [0.05, 0.1) is 55.3 Å². The lowest BCUT2D eigenvalue weighted by molar-refractivity contribution is -0.872. The maximum atomic E-state index is 6.13. The molecule has 0 aliphatic heterocycles. The first-order chi connectivity index (χ1) is 9.59. The summed E-state index contributed by atoms with van der Waals surface area (Å²) >= 11 is 24.1. The summed E-state index contributed by atoms with van der Waals surface area (Å²) in [5.41, 5.74) is 1.85. The monoisotopic (exact) mass is 376 g/mol. The maximum Gasteiger partial charge on any atom is 0.104 e. The molecule has 1 aromatic rings. The van der Waals surface area contributed by atoms with Gasteiger partial charge in [0.1, 0.15) is 6.54 Å². The molecule has 124 valence electrons. The van der Waals surface area contributed by atoms with E-state index in [2.05, 4.69) is 21.1 Å². The zero-order chi connectivity index (χ0) is 17.3. The lowest BCUT2D eigenvalue weighted by Crippen LogP contribution is -3.04. The molecule has 0 radical (unpaired) electrons. The molecule has 0 aliphatic carbocycles. The van der Waals surface area contributed by atoms with E-state index in [1.165, 1.54) is 9.80 Å². The third-order valence-electron chi connectivity index (χ3n) is 2.16. The lowest BCUT2D eigenvalue weighted by Gasteiger charge is -2.15. The molecular weight excluding hydrogens is 350 g/mol. The second-order valence-corrected chi connectivity index (χ2v) is 6.76. The Morgan fingerprint density at radius 3 is 1.38 bits per heavy atom. The molecule has 0 saturated carbocycles. The molecular formula is C15H28Cl4N2+2. The standard InChI is InChI=1S/C10H11Cl4N.C3H9N.C2H6/c1-5-6(4-15(2)3)8(12)10(14)9(13)7(5)11;1-4(2)3;1-2/h4H2,1-3H3;1-3H3;1-2H3/p+2. The van der Waals surface area contributed by atoms with E-state index in [-0.39, 0.29) is 0 Å². The van der Waals surface area contributed by atoms with Crippen LogP contribution in [0.25, 0.3) is 0 Å². The summed E-state index contributed by atoms with van der Waals surface area (Å²) in [5, 5.41) is 1.66. The largest absolute Gasteiger partial charge is 0.342 e. The average Bonchev–Trinajstić information content (AvgIpc) is 2.40. The predicted octanol–water partition coefficient (Wildman–Crippen LogP) is 3.04. The summed E-state index contributed by atoms with van der Waals surface area (Å²) in [5.74, 6) is 0. The van der Waals surface area contributed by atoms with Crippen molar-refractivity contribution in [2.75, 3.05) is 35.2 Å². The average molecular weight is 378 g/mol. The van der Waals surface area contributed by atoms with Gasteiger partial charge in [0.15, 0.2) is 0 Å². The summed E-state index contributed by atoms with van der Waals surface area (Å²) in [6.07, 6.45) is 0. The van der Waals surface area contributed by atoms with Gasteiger partial charge in [-0.05, 0) is 12.5 Å². The van der Waals surface area contributed by atoms with Gasteiger partial charge in [0.2, 0.25) is 0 Å².